The Balaban J connectivity index is 1.86. The van der Waals surface area contributed by atoms with Crippen LogP contribution in [0.1, 0.15) is 18.9 Å². The summed E-state index contributed by atoms with van der Waals surface area (Å²) >= 11 is 0. The van der Waals surface area contributed by atoms with Crippen LogP contribution in [0.3, 0.4) is 0 Å². The molecule has 1 N–H and O–H groups in total. The van der Waals surface area contributed by atoms with Crippen LogP contribution in [0.4, 0.5) is 5.69 Å². The van der Waals surface area contributed by atoms with Gasteiger partial charge in [0.2, 0.25) is 5.91 Å². The third-order valence-electron chi connectivity index (χ3n) is 3.56. The fourth-order valence-electron chi connectivity index (χ4n) is 2.21. The predicted molar refractivity (Wildman–Crippen MR) is 78.1 cm³/mol. The first-order valence-corrected chi connectivity index (χ1v) is 6.97. The normalized spacial score (nSPS) is 17.4. The highest BCUT2D eigenvalue weighted by Crippen LogP contribution is 2.12. The third kappa shape index (κ3) is 4.33. The molecule has 0 unspecified atom stereocenters. The van der Waals surface area contributed by atoms with Gasteiger partial charge < -0.3 is 10.2 Å². The summed E-state index contributed by atoms with van der Waals surface area (Å²) in [5.74, 6) is 0.0619. The molecular formula is C15H23N3O. The summed E-state index contributed by atoms with van der Waals surface area (Å²) in [6.07, 6.45) is 0.517. The first-order chi connectivity index (χ1) is 9.17. The smallest absolute Gasteiger partial charge is 0.224 e. The van der Waals surface area contributed by atoms with Crippen molar-refractivity contribution in [2.45, 2.75) is 19.9 Å². The summed E-state index contributed by atoms with van der Waals surface area (Å²) in [6, 6.07) is 8.17. The van der Waals surface area contributed by atoms with Crippen molar-refractivity contribution in [2.24, 2.45) is 0 Å². The number of carbonyl (C=O) groups is 1. The fraction of sp³-hybridized carbons (Fsp3) is 0.533. The Bertz CT molecular complexity index is 408. The molecule has 1 aliphatic heterocycles. The molecule has 1 amide bonds. The third-order valence-corrected chi connectivity index (χ3v) is 3.56. The highest BCUT2D eigenvalue weighted by molar-refractivity contribution is 5.90. The van der Waals surface area contributed by atoms with Gasteiger partial charge in [-0.15, -0.1) is 0 Å². The largest absolute Gasteiger partial charge is 0.326 e. The zero-order valence-corrected chi connectivity index (χ0v) is 11.9. The lowest BCUT2D eigenvalue weighted by molar-refractivity contribution is -0.115. The molecule has 1 aromatic carbocycles. The number of rotatable bonds is 4. The lowest BCUT2D eigenvalue weighted by Crippen LogP contribution is -2.43. The maximum absolute atomic E-state index is 11.3. The maximum atomic E-state index is 11.3. The van der Waals surface area contributed by atoms with Crippen LogP contribution in [0, 0.1) is 0 Å². The number of hydrogen-bond acceptors (Lipinski definition) is 3. The number of amides is 1. The van der Waals surface area contributed by atoms with Crippen molar-refractivity contribution in [3.63, 3.8) is 0 Å². The molecule has 2 rings (SSSR count). The lowest BCUT2D eigenvalue weighted by atomic mass is 10.1. The Kier molecular flexibility index (Phi) is 4.93. The van der Waals surface area contributed by atoms with E-state index in [1.165, 1.54) is 5.56 Å². The molecule has 1 aliphatic rings. The summed E-state index contributed by atoms with van der Waals surface area (Å²) in [7, 11) is 2.17. The summed E-state index contributed by atoms with van der Waals surface area (Å²) in [6.45, 7) is 7.40. The van der Waals surface area contributed by atoms with Crippen molar-refractivity contribution < 1.29 is 4.79 Å². The number of likely N-dealkylation sites (N-methyl/N-ethyl adjacent to an activating group) is 1. The van der Waals surface area contributed by atoms with Gasteiger partial charge in [0.15, 0.2) is 0 Å². The Hall–Kier alpha value is -1.39. The molecule has 0 bridgehead atoms. The summed E-state index contributed by atoms with van der Waals surface area (Å²) in [5.41, 5.74) is 2.19. The van der Waals surface area contributed by atoms with Gasteiger partial charge in [-0.3, -0.25) is 9.69 Å². The number of carbonyl (C=O) groups excluding carboxylic acids is 1. The zero-order valence-electron chi connectivity index (χ0n) is 11.9. The van der Waals surface area contributed by atoms with E-state index >= 15 is 0 Å². The minimum absolute atomic E-state index is 0.0619. The van der Waals surface area contributed by atoms with Crippen molar-refractivity contribution in [1.29, 1.82) is 0 Å². The first kappa shape index (κ1) is 14.0. The van der Waals surface area contributed by atoms with Crippen LogP contribution < -0.4 is 5.32 Å². The molecule has 0 atom stereocenters. The Labute approximate surface area is 115 Å². The average Bonchev–Trinajstić information content (AvgIpc) is 2.43. The van der Waals surface area contributed by atoms with E-state index < -0.39 is 0 Å². The van der Waals surface area contributed by atoms with Gasteiger partial charge in [0.1, 0.15) is 0 Å². The topological polar surface area (TPSA) is 35.6 Å². The minimum atomic E-state index is 0.0619. The molecule has 0 aliphatic carbocycles. The lowest BCUT2D eigenvalue weighted by Gasteiger charge is -2.32. The van der Waals surface area contributed by atoms with Crippen molar-refractivity contribution in [2.75, 3.05) is 38.5 Å². The highest BCUT2D eigenvalue weighted by Gasteiger charge is 2.13. The van der Waals surface area contributed by atoms with Crippen LogP contribution >= 0.6 is 0 Å². The van der Waals surface area contributed by atoms with Gasteiger partial charge in [-0.2, -0.15) is 0 Å². The molecule has 4 nitrogen and oxygen atoms in total. The molecule has 1 aromatic rings. The molecule has 19 heavy (non-hydrogen) atoms. The van der Waals surface area contributed by atoms with Gasteiger partial charge in [0.05, 0.1) is 0 Å². The van der Waals surface area contributed by atoms with Crippen molar-refractivity contribution in [1.82, 2.24) is 9.80 Å². The summed E-state index contributed by atoms with van der Waals surface area (Å²) in [4.78, 5) is 16.1. The maximum Gasteiger partial charge on any atom is 0.224 e. The second-order valence-corrected chi connectivity index (χ2v) is 5.18. The van der Waals surface area contributed by atoms with Crippen LogP contribution in [0.2, 0.25) is 0 Å². The second-order valence-electron chi connectivity index (χ2n) is 5.18. The van der Waals surface area contributed by atoms with E-state index in [-0.39, 0.29) is 5.91 Å². The van der Waals surface area contributed by atoms with Gasteiger partial charge in [-0.05, 0) is 24.7 Å². The summed E-state index contributed by atoms with van der Waals surface area (Å²) < 4.78 is 0. The van der Waals surface area contributed by atoms with Gasteiger partial charge in [-0.1, -0.05) is 19.1 Å². The Morgan fingerprint density at radius 3 is 2.37 bits per heavy atom. The minimum Gasteiger partial charge on any atom is -0.326 e. The molecule has 0 saturated carbocycles. The van der Waals surface area contributed by atoms with Gasteiger partial charge in [0, 0.05) is 44.8 Å². The van der Waals surface area contributed by atoms with Gasteiger partial charge in [-0.25, -0.2) is 0 Å². The fourth-order valence-corrected chi connectivity index (χ4v) is 2.21. The van der Waals surface area contributed by atoms with E-state index in [4.69, 9.17) is 0 Å². The van der Waals surface area contributed by atoms with Crippen molar-refractivity contribution in [3.05, 3.63) is 29.8 Å². The molecule has 1 fully saturated rings. The van der Waals surface area contributed by atoms with E-state index in [1.54, 1.807) is 0 Å². The van der Waals surface area contributed by atoms with Crippen molar-refractivity contribution >= 4 is 11.6 Å². The van der Waals surface area contributed by atoms with Gasteiger partial charge >= 0.3 is 0 Å². The van der Waals surface area contributed by atoms with E-state index in [1.807, 2.05) is 19.1 Å². The quantitative estimate of drug-likeness (QED) is 0.897. The van der Waals surface area contributed by atoms with Crippen LogP contribution in [0.25, 0.3) is 0 Å². The number of anilines is 1. The number of piperazine rings is 1. The van der Waals surface area contributed by atoms with E-state index in [0.29, 0.717) is 6.42 Å². The van der Waals surface area contributed by atoms with E-state index in [0.717, 1.165) is 38.4 Å². The highest BCUT2D eigenvalue weighted by atomic mass is 16.1. The van der Waals surface area contributed by atoms with Gasteiger partial charge in [0.25, 0.3) is 0 Å². The second kappa shape index (κ2) is 6.68. The number of nitrogens with one attached hydrogen (secondary N) is 1. The first-order valence-electron chi connectivity index (χ1n) is 6.97. The number of hydrogen-bond donors (Lipinski definition) is 1. The molecule has 0 spiro atoms. The monoisotopic (exact) mass is 261 g/mol. The SMILES string of the molecule is CCC(=O)Nc1ccc(CN2CCN(C)CC2)cc1. The van der Waals surface area contributed by atoms with E-state index in [2.05, 4.69) is 34.3 Å². The molecule has 4 heteroatoms. The van der Waals surface area contributed by atoms with Crippen LogP contribution in [-0.2, 0) is 11.3 Å². The Morgan fingerprint density at radius 1 is 1.16 bits per heavy atom. The van der Waals surface area contributed by atoms with Crippen molar-refractivity contribution in [3.8, 4) is 0 Å². The van der Waals surface area contributed by atoms with Crippen LogP contribution in [0.15, 0.2) is 24.3 Å². The van der Waals surface area contributed by atoms with Crippen LogP contribution in [0.5, 0.6) is 0 Å². The molecule has 1 heterocycles. The van der Waals surface area contributed by atoms with E-state index in [9.17, 15) is 4.79 Å². The molecule has 0 radical (unpaired) electrons. The van der Waals surface area contributed by atoms with Crippen LogP contribution in [-0.4, -0.2) is 48.9 Å². The molecular weight excluding hydrogens is 238 g/mol. The average molecular weight is 261 g/mol. The number of benzene rings is 1. The number of nitrogens with zero attached hydrogens (tertiary/aromatic N) is 2. The standard InChI is InChI=1S/C15H23N3O/c1-3-15(19)16-14-6-4-13(5-7-14)12-18-10-8-17(2)9-11-18/h4-7H,3,8-12H2,1-2H3,(H,16,19). The Morgan fingerprint density at radius 2 is 1.79 bits per heavy atom. The molecule has 1 saturated heterocycles. The zero-order chi connectivity index (χ0) is 13.7. The summed E-state index contributed by atoms with van der Waals surface area (Å²) in [5, 5.41) is 2.87. The predicted octanol–water partition coefficient (Wildman–Crippen LogP) is 1.78. The molecule has 0 aromatic heterocycles. The molecule has 104 valence electrons.